The van der Waals surface area contributed by atoms with Gasteiger partial charge in [0.15, 0.2) is 0 Å². The summed E-state index contributed by atoms with van der Waals surface area (Å²) >= 11 is 5.86. The maximum atomic E-state index is 13.4. The van der Waals surface area contributed by atoms with Crippen molar-refractivity contribution in [1.29, 1.82) is 0 Å². The Bertz CT molecular complexity index is 1350. The highest BCUT2D eigenvalue weighted by molar-refractivity contribution is 7.87. The molecule has 0 fully saturated rings. The lowest BCUT2D eigenvalue weighted by atomic mass is 9.96. The first-order valence-corrected chi connectivity index (χ1v) is 11.0. The number of aromatic amines is 1. The van der Waals surface area contributed by atoms with Crippen molar-refractivity contribution in [3.05, 3.63) is 86.6 Å². The van der Waals surface area contributed by atoms with Crippen LogP contribution in [0.15, 0.2) is 53.9 Å². The van der Waals surface area contributed by atoms with Gasteiger partial charge in [-0.25, -0.2) is 0 Å². The average molecular weight is 476 g/mol. The SMILES string of the molecule is C=CCOS(=O)(=O)c1ccc(C)cc1-c1n[nH]c(C)c1C(=O)c1ccc(Cl)cc1[N+](=O)[O-]. The largest absolute Gasteiger partial charge is 0.297 e. The number of nitro benzene ring substituents is 1. The summed E-state index contributed by atoms with van der Waals surface area (Å²) in [6, 6.07) is 8.18. The van der Waals surface area contributed by atoms with Crippen LogP contribution in [0.3, 0.4) is 0 Å². The van der Waals surface area contributed by atoms with Crippen LogP contribution in [-0.4, -0.2) is 35.9 Å². The second kappa shape index (κ2) is 9.03. The molecule has 3 aromatic rings. The Morgan fingerprint density at radius 2 is 2.00 bits per heavy atom. The fourth-order valence-electron chi connectivity index (χ4n) is 3.13. The molecular weight excluding hydrogens is 458 g/mol. The summed E-state index contributed by atoms with van der Waals surface area (Å²) in [5.41, 5.74) is 0.497. The second-order valence-electron chi connectivity index (χ2n) is 6.85. The molecule has 1 heterocycles. The molecule has 32 heavy (non-hydrogen) atoms. The smallest absolute Gasteiger partial charge is 0.288 e. The zero-order chi connectivity index (χ0) is 23.6. The number of halogens is 1. The molecule has 0 radical (unpaired) electrons. The second-order valence-corrected chi connectivity index (χ2v) is 8.87. The van der Waals surface area contributed by atoms with Crippen LogP contribution in [0.5, 0.6) is 0 Å². The number of carbonyl (C=O) groups excluding carboxylic acids is 1. The molecule has 0 aliphatic carbocycles. The predicted octanol–water partition coefficient (Wildman–Crippen LogP) is 4.38. The molecule has 11 heteroatoms. The summed E-state index contributed by atoms with van der Waals surface area (Å²) in [7, 11) is -4.21. The van der Waals surface area contributed by atoms with Gasteiger partial charge in [0.1, 0.15) is 16.2 Å². The molecule has 0 saturated heterocycles. The van der Waals surface area contributed by atoms with Crippen LogP contribution in [-0.2, 0) is 14.3 Å². The number of carbonyl (C=O) groups is 1. The van der Waals surface area contributed by atoms with Crippen molar-refractivity contribution in [3.63, 3.8) is 0 Å². The third-order valence-corrected chi connectivity index (χ3v) is 6.15. The molecule has 1 aromatic heterocycles. The molecule has 166 valence electrons. The first kappa shape index (κ1) is 23.3. The number of nitrogens with zero attached hydrogens (tertiary/aromatic N) is 2. The van der Waals surface area contributed by atoms with Crippen molar-refractivity contribution in [2.75, 3.05) is 6.61 Å². The quantitative estimate of drug-likeness (QED) is 0.168. The van der Waals surface area contributed by atoms with Gasteiger partial charge in [0.2, 0.25) is 5.78 Å². The molecule has 0 aliphatic heterocycles. The highest BCUT2D eigenvalue weighted by atomic mass is 35.5. The highest BCUT2D eigenvalue weighted by Gasteiger charge is 2.30. The first-order valence-electron chi connectivity index (χ1n) is 9.21. The van der Waals surface area contributed by atoms with Crippen molar-refractivity contribution in [2.45, 2.75) is 18.7 Å². The Morgan fingerprint density at radius 3 is 2.66 bits per heavy atom. The van der Waals surface area contributed by atoms with Gasteiger partial charge in [-0.05, 0) is 38.1 Å². The Hall–Kier alpha value is -3.34. The number of benzene rings is 2. The van der Waals surface area contributed by atoms with Gasteiger partial charge >= 0.3 is 0 Å². The minimum absolute atomic E-state index is 0.00110. The van der Waals surface area contributed by atoms with Gasteiger partial charge in [0, 0.05) is 22.3 Å². The van der Waals surface area contributed by atoms with Crippen molar-refractivity contribution in [3.8, 4) is 11.3 Å². The lowest BCUT2D eigenvalue weighted by Crippen LogP contribution is -2.11. The molecular formula is C21H18ClN3O6S. The number of rotatable bonds is 8. The number of hydrogen-bond acceptors (Lipinski definition) is 7. The van der Waals surface area contributed by atoms with Gasteiger partial charge in [-0.3, -0.25) is 24.2 Å². The van der Waals surface area contributed by atoms with E-state index in [2.05, 4.69) is 16.8 Å². The number of nitro groups is 1. The summed E-state index contributed by atoms with van der Waals surface area (Å²) < 4.78 is 30.4. The average Bonchev–Trinajstić information content (AvgIpc) is 3.12. The minimum Gasteiger partial charge on any atom is -0.288 e. The van der Waals surface area contributed by atoms with E-state index in [0.717, 1.165) is 6.07 Å². The van der Waals surface area contributed by atoms with E-state index in [4.69, 9.17) is 15.8 Å². The van der Waals surface area contributed by atoms with Gasteiger partial charge in [-0.15, -0.1) is 6.58 Å². The van der Waals surface area contributed by atoms with Crippen LogP contribution in [0, 0.1) is 24.0 Å². The molecule has 0 amide bonds. The van der Waals surface area contributed by atoms with Crippen molar-refractivity contribution in [1.82, 2.24) is 10.2 Å². The van der Waals surface area contributed by atoms with Crippen LogP contribution < -0.4 is 0 Å². The van der Waals surface area contributed by atoms with Crippen LogP contribution in [0.4, 0.5) is 5.69 Å². The molecule has 0 spiro atoms. The highest BCUT2D eigenvalue weighted by Crippen LogP contribution is 2.34. The summed E-state index contributed by atoms with van der Waals surface area (Å²) in [5, 5.41) is 18.4. The molecule has 0 saturated carbocycles. The number of aromatic nitrogens is 2. The molecule has 0 aliphatic rings. The van der Waals surface area contributed by atoms with Crippen molar-refractivity contribution in [2.24, 2.45) is 0 Å². The van der Waals surface area contributed by atoms with E-state index >= 15 is 0 Å². The van der Waals surface area contributed by atoms with E-state index in [1.807, 2.05) is 0 Å². The van der Waals surface area contributed by atoms with Gasteiger partial charge in [-0.2, -0.15) is 13.5 Å². The number of nitrogens with one attached hydrogen (secondary N) is 1. The first-order chi connectivity index (χ1) is 15.1. The van der Waals surface area contributed by atoms with E-state index in [1.54, 1.807) is 26.0 Å². The zero-order valence-corrected chi connectivity index (χ0v) is 18.7. The molecule has 0 unspecified atom stereocenters. The Kier molecular flexibility index (Phi) is 6.58. The lowest BCUT2D eigenvalue weighted by molar-refractivity contribution is -0.385. The van der Waals surface area contributed by atoms with Crippen LogP contribution in [0.2, 0.25) is 5.02 Å². The molecule has 1 N–H and O–H groups in total. The summed E-state index contributed by atoms with van der Waals surface area (Å²) in [4.78, 5) is 24.0. The summed E-state index contributed by atoms with van der Waals surface area (Å²) in [6.07, 6.45) is 1.29. The number of H-pyrrole nitrogens is 1. The van der Waals surface area contributed by atoms with E-state index in [1.165, 1.54) is 24.3 Å². The van der Waals surface area contributed by atoms with E-state index in [0.29, 0.717) is 11.3 Å². The van der Waals surface area contributed by atoms with E-state index in [-0.39, 0.29) is 38.9 Å². The summed E-state index contributed by atoms with van der Waals surface area (Å²) in [6.45, 7) is 6.51. The molecule has 0 atom stereocenters. The maximum Gasteiger partial charge on any atom is 0.297 e. The van der Waals surface area contributed by atoms with E-state index in [9.17, 15) is 23.3 Å². The van der Waals surface area contributed by atoms with E-state index < -0.39 is 26.5 Å². The molecule has 2 aromatic carbocycles. The van der Waals surface area contributed by atoms with Gasteiger partial charge in [0.25, 0.3) is 15.8 Å². The van der Waals surface area contributed by atoms with Gasteiger partial charge in [0.05, 0.1) is 17.1 Å². The topological polar surface area (TPSA) is 132 Å². The Morgan fingerprint density at radius 1 is 1.28 bits per heavy atom. The zero-order valence-electron chi connectivity index (χ0n) is 17.1. The fourth-order valence-corrected chi connectivity index (χ4v) is 4.36. The monoisotopic (exact) mass is 475 g/mol. The molecule has 3 rings (SSSR count). The fraction of sp³-hybridized carbons (Fsp3) is 0.143. The summed E-state index contributed by atoms with van der Waals surface area (Å²) in [5.74, 6) is -0.702. The Balaban J connectivity index is 2.24. The third-order valence-electron chi connectivity index (χ3n) is 4.58. The lowest BCUT2D eigenvalue weighted by Gasteiger charge is -2.11. The number of hydrogen-bond donors (Lipinski definition) is 1. The normalized spacial score (nSPS) is 11.3. The third kappa shape index (κ3) is 4.47. The maximum absolute atomic E-state index is 13.4. The van der Waals surface area contributed by atoms with Crippen LogP contribution in [0.25, 0.3) is 11.3 Å². The Labute approximate surface area is 189 Å². The predicted molar refractivity (Wildman–Crippen MR) is 118 cm³/mol. The van der Waals surface area contributed by atoms with Crippen molar-refractivity contribution < 1.29 is 22.3 Å². The number of ketones is 1. The van der Waals surface area contributed by atoms with Gasteiger partial charge < -0.3 is 0 Å². The standard InChI is InChI=1S/C21H18ClN3O6S/c1-4-9-31-32(29,30)18-8-5-12(2)10-16(18)20-19(13(3)23-24-20)21(26)15-7-6-14(22)11-17(15)25(27)28/h4-8,10-11H,1,9H2,2-3H3,(H,23,24). The molecule has 0 bridgehead atoms. The van der Waals surface area contributed by atoms with Crippen LogP contribution >= 0.6 is 11.6 Å². The number of aryl methyl sites for hydroxylation is 2. The minimum atomic E-state index is -4.21. The molecule has 9 nitrogen and oxygen atoms in total. The van der Waals surface area contributed by atoms with Crippen LogP contribution in [0.1, 0.15) is 27.2 Å². The van der Waals surface area contributed by atoms with Gasteiger partial charge in [-0.1, -0.05) is 29.3 Å². The van der Waals surface area contributed by atoms with Crippen molar-refractivity contribution >= 4 is 33.2 Å².